The summed E-state index contributed by atoms with van der Waals surface area (Å²) < 4.78 is 11.0. The first kappa shape index (κ1) is 15.1. The highest BCUT2D eigenvalue weighted by atomic mass is 32.1. The van der Waals surface area contributed by atoms with Gasteiger partial charge in [0.15, 0.2) is 5.60 Å². The van der Waals surface area contributed by atoms with Crippen molar-refractivity contribution in [1.29, 1.82) is 0 Å². The van der Waals surface area contributed by atoms with E-state index in [1.54, 1.807) is 23.7 Å². The van der Waals surface area contributed by atoms with Gasteiger partial charge < -0.3 is 15.2 Å². The summed E-state index contributed by atoms with van der Waals surface area (Å²) in [5.41, 5.74) is 7.64. The molecule has 2 aliphatic rings. The molecule has 2 aromatic rings. The predicted molar refractivity (Wildman–Crippen MR) is 92.0 cm³/mol. The van der Waals surface area contributed by atoms with Crippen LogP contribution in [0.5, 0.6) is 0 Å². The summed E-state index contributed by atoms with van der Waals surface area (Å²) >= 11 is 1.64. The number of aromatic nitrogens is 1. The molecule has 7 heteroatoms. The maximum absolute atomic E-state index is 7.12. The summed E-state index contributed by atoms with van der Waals surface area (Å²) in [4.78, 5) is 13.3. The summed E-state index contributed by atoms with van der Waals surface area (Å²) in [6.07, 6.45) is 4.07. The van der Waals surface area contributed by atoms with Gasteiger partial charge in [-0.1, -0.05) is 0 Å². The molecule has 0 aromatic carbocycles. The Morgan fingerprint density at radius 2 is 2.12 bits per heavy atom. The molecule has 2 aliphatic heterocycles. The number of hydrogen-bond acceptors (Lipinski definition) is 6. The predicted octanol–water partition coefficient (Wildman–Crippen LogP) is 3.08. The van der Waals surface area contributed by atoms with Gasteiger partial charge in [0.2, 0.25) is 5.69 Å². The van der Waals surface area contributed by atoms with E-state index >= 15 is 0 Å². The van der Waals surface area contributed by atoms with Crippen LogP contribution in [0.4, 0.5) is 5.69 Å². The lowest BCUT2D eigenvalue weighted by atomic mass is 9.82. The third-order valence-electron chi connectivity index (χ3n) is 4.39. The first-order valence-corrected chi connectivity index (χ1v) is 8.44. The van der Waals surface area contributed by atoms with Gasteiger partial charge in [-0.2, -0.15) is 0 Å². The zero-order valence-electron chi connectivity index (χ0n) is 13.2. The van der Waals surface area contributed by atoms with E-state index in [2.05, 4.69) is 33.2 Å². The Bertz CT molecular complexity index is 865. The molecule has 1 spiro atoms. The Hall–Kier alpha value is -2.43. The molecule has 0 saturated carbocycles. The number of nitrogens with zero attached hydrogens (tertiary/aromatic N) is 3. The van der Waals surface area contributed by atoms with Gasteiger partial charge in [-0.05, 0) is 35.6 Å². The van der Waals surface area contributed by atoms with E-state index in [1.807, 2.05) is 6.07 Å². The second-order valence-corrected chi connectivity index (χ2v) is 7.33. The van der Waals surface area contributed by atoms with Crippen LogP contribution in [0.15, 0.2) is 34.9 Å². The van der Waals surface area contributed by atoms with Gasteiger partial charge in [0, 0.05) is 23.7 Å². The summed E-state index contributed by atoms with van der Waals surface area (Å²) in [7, 11) is 0. The molecule has 0 amide bonds. The Morgan fingerprint density at radius 1 is 1.29 bits per heavy atom. The number of hydrogen-bond donors (Lipinski definition) is 1. The molecule has 0 bridgehead atoms. The highest BCUT2D eigenvalue weighted by Gasteiger charge is 2.51. The van der Waals surface area contributed by atoms with Gasteiger partial charge in [-0.3, -0.25) is 4.98 Å². The molecule has 122 valence electrons. The van der Waals surface area contributed by atoms with Crippen molar-refractivity contribution in [3.8, 4) is 11.1 Å². The summed E-state index contributed by atoms with van der Waals surface area (Å²) in [5, 5.41) is 2.07. The maximum Gasteiger partial charge on any atom is 0.283 e. The third kappa shape index (κ3) is 2.44. The Labute approximate surface area is 143 Å². The minimum absolute atomic E-state index is 0.221. The molecule has 1 atom stereocenters. The number of aliphatic imine (C=N–C) groups is 1. The van der Waals surface area contributed by atoms with Crippen molar-refractivity contribution in [3.05, 3.63) is 46.2 Å². The van der Waals surface area contributed by atoms with Crippen molar-refractivity contribution < 1.29 is 9.47 Å². The summed E-state index contributed by atoms with van der Waals surface area (Å²) in [6.45, 7) is 10.3. The molecule has 4 heterocycles. The van der Waals surface area contributed by atoms with Crippen LogP contribution in [-0.2, 0) is 15.0 Å². The van der Waals surface area contributed by atoms with Crippen molar-refractivity contribution in [2.75, 3.05) is 13.2 Å². The molecule has 1 unspecified atom stereocenters. The molecular formula is C17H16N4O2S. The summed E-state index contributed by atoms with van der Waals surface area (Å²) in [5.74, 6) is 0. The number of amidine groups is 1. The average Bonchev–Trinajstić information content (AvgIpc) is 3.03. The maximum atomic E-state index is 7.12. The Kier molecular flexibility index (Phi) is 3.34. The van der Waals surface area contributed by atoms with Crippen LogP contribution in [0.2, 0.25) is 0 Å². The minimum Gasteiger partial charge on any atom is -0.454 e. The first-order chi connectivity index (χ1) is 11.5. The fraction of sp³-hybridized carbons (Fsp3) is 0.353. The molecule has 0 aliphatic carbocycles. The van der Waals surface area contributed by atoms with E-state index in [1.165, 1.54) is 0 Å². The number of thiophene rings is 1. The highest BCUT2D eigenvalue weighted by molar-refractivity contribution is 7.10. The van der Waals surface area contributed by atoms with Gasteiger partial charge in [0.25, 0.3) is 6.02 Å². The topological polar surface area (TPSA) is 74.1 Å². The largest absolute Gasteiger partial charge is 0.454 e. The molecule has 2 aromatic heterocycles. The molecule has 1 saturated heterocycles. The molecule has 4 rings (SSSR count). The highest BCUT2D eigenvalue weighted by Crippen LogP contribution is 2.45. The van der Waals surface area contributed by atoms with Crippen LogP contribution in [0.1, 0.15) is 18.2 Å². The smallest absolute Gasteiger partial charge is 0.283 e. The van der Waals surface area contributed by atoms with Crippen LogP contribution >= 0.6 is 11.3 Å². The second kappa shape index (κ2) is 5.30. The van der Waals surface area contributed by atoms with Crippen LogP contribution in [0.3, 0.4) is 0 Å². The average molecular weight is 340 g/mol. The molecular weight excluding hydrogens is 324 g/mol. The zero-order valence-corrected chi connectivity index (χ0v) is 14.0. The van der Waals surface area contributed by atoms with E-state index in [0.717, 1.165) is 22.4 Å². The van der Waals surface area contributed by atoms with Crippen LogP contribution in [0.25, 0.3) is 16.0 Å². The van der Waals surface area contributed by atoms with E-state index in [-0.39, 0.29) is 11.6 Å². The van der Waals surface area contributed by atoms with Crippen molar-refractivity contribution in [1.82, 2.24) is 4.98 Å². The lowest BCUT2D eigenvalue weighted by Crippen LogP contribution is -2.59. The molecule has 0 radical (unpaired) electrons. The molecule has 2 N–H and O–H groups in total. The van der Waals surface area contributed by atoms with E-state index in [9.17, 15) is 0 Å². The van der Waals surface area contributed by atoms with Gasteiger partial charge in [-0.15, -0.1) is 11.3 Å². The van der Waals surface area contributed by atoms with E-state index in [4.69, 9.17) is 21.8 Å². The molecule has 24 heavy (non-hydrogen) atoms. The number of ether oxygens (including phenoxy) is 2. The van der Waals surface area contributed by atoms with E-state index < -0.39 is 5.54 Å². The van der Waals surface area contributed by atoms with Crippen molar-refractivity contribution in [3.63, 3.8) is 0 Å². The van der Waals surface area contributed by atoms with Crippen LogP contribution in [-0.4, -0.2) is 29.8 Å². The Balaban J connectivity index is 1.69. The quantitative estimate of drug-likeness (QED) is 0.853. The zero-order chi connectivity index (χ0) is 16.8. The van der Waals surface area contributed by atoms with Crippen molar-refractivity contribution in [2.45, 2.75) is 24.5 Å². The fourth-order valence-corrected chi connectivity index (χ4v) is 4.27. The van der Waals surface area contributed by atoms with Gasteiger partial charge in [-0.25, -0.2) is 9.84 Å². The SMILES string of the molecule is [C-]#[N+]c1cncc(-c2csc(C3(C)CC4(COC4)OC(N)=N3)c2)c1. The Morgan fingerprint density at radius 3 is 2.83 bits per heavy atom. The van der Waals surface area contributed by atoms with Crippen molar-refractivity contribution in [2.24, 2.45) is 10.7 Å². The number of pyridine rings is 1. The van der Waals surface area contributed by atoms with Crippen molar-refractivity contribution >= 4 is 23.0 Å². The van der Waals surface area contributed by atoms with Gasteiger partial charge in [0.05, 0.1) is 19.8 Å². The lowest BCUT2D eigenvalue weighted by Gasteiger charge is -2.47. The summed E-state index contributed by atoms with van der Waals surface area (Å²) in [6, 6.07) is 4.17. The number of nitrogens with two attached hydrogens (primary N) is 1. The lowest BCUT2D eigenvalue weighted by molar-refractivity contribution is -0.186. The van der Waals surface area contributed by atoms with Gasteiger partial charge in [0.1, 0.15) is 5.54 Å². The standard InChI is InChI=1S/C17H16N4O2S/c1-16(8-17(9-22-10-17)23-15(18)21-16)14-4-12(7-24-14)11-3-13(19-2)6-20-5-11/h3-7H,8-10H2,1H3,(H2,18,21). The molecule has 6 nitrogen and oxygen atoms in total. The normalized spacial score (nSPS) is 24.6. The van der Waals surface area contributed by atoms with E-state index in [0.29, 0.717) is 18.9 Å². The first-order valence-electron chi connectivity index (χ1n) is 7.56. The van der Waals surface area contributed by atoms with Gasteiger partial charge >= 0.3 is 0 Å². The minimum atomic E-state index is -0.431. The monoisotopic (exact) mass is 340 g/mol. The fourth-order valence-electron chi connectivity index (χ4n) is 3.24. The third-order valence-corrected chi connectivity index (χ3v) is 5.57. The molecule has 1 fully saturated rings. The van der Waals surface area contributed by atoms with Crippen LogP contribution in [0, 0.1) is 6.57 Å². The van der Waals surface area contributed by atoms with Crippen LogP contribution < -0.4 is 5.73 Å². The number of rotatable bonds is 2. The second-order valence-electron chi connectivity index (χ2n) is 6.42.